The minimum absolute atomic E-state index is 0.0224. The second kappa shape index (κ2) is 13.3. The molecule has 0 saturated heterocycles. The van der Waals surface area contributed by atoms with Crippen LogP contribution in [0.5, 0.6) is 5.75 Å². The lowest BCUT2D eigenvalue weighted by atomic mass is 10.1. The Balaban J connectivity index is 1.48. The summed E-state index contributed by atoms with van der Waals surface area (Å²) in [5.41, 5.74) is 5.64. The summed E-state index contributed by atoms with van der Waals surface area (Å²) >= 11 is 0. The SMILES string of the molecule is CN(C)c1ccc(/C=C(/NC(=O)c2ccccc2)C(=O)N/N=C\c2cccc(OC(=O)c3ccccc3)c2)cc1. The average molecular weight is 533 g/mol. The van der Waals surface area contributed by atoms with Crippen molar-refractivity contribution in [1.29, 1.82) is 0 Å². The number of nitrogens with one attached hydrogen (secondary N) is 2. The van der Waals surface area contributed by atoms with Crippen molar-refractivity contribution >= 4 is 35.8 Å². The van der Waals surface area contributed by atoms with E-state index in [4.69, 9.17) is 4.74 Å². The molecule has 0 aliphatic rings. The topological polar surface area (TPSA) is 100 Å². The van der Waals surface area contributed by atoms with E-state index in [0.29, 0.717) is 22.4 Å². The van der Waals surface area contributed by atoms with Gasteiger partial charge in [-0.1, -0.05) is 60.7 Å². The van der Waals surface area contributed by atoms with Gasteiger partial charge >= 0.3 is 5.97 Å². The molecule has 200 valence electrons. The molecule has 0 bridgehead atoms. The van der Waals surface area contributed by atoms with E-state index in [9.17, 15) is 14.4 Å². The first-order valence-corrected chi connectivity index (χ1v) is 12.5. The number of ether oxygens (including phenoxy) is 1. The third-order valence-electron chi connectivity index (χ3n) is 5.71. The van der Waals surface area contributed by atoms with Crippen LogP contribution in [0.25, 0.3) is 6.08 Å². The monoisotopic (exact) mass is 532 g/mol. The van der Waals surface area contributed by atoms with Crippen LogP contribution in [-0.4, -0.2) is 38.1 Å². The van der Waals surface area contributed by atoms with Crippen LogP contribution in [0.3, 0.4) is 0 Å². The van der Waals surface area contributed by atoms with Crippen molar-refractivity contribution in [3.63, 3.8) is 0 Å². The Labute approximate surface area is 232 Å². The molecule has 0 radical (unpaired) electrons. The van der Waals surface area contributed by atoms with Gasteiger partial charge in [-0.15, -0.1) is 0 Å². The van der Waals surface area contributed by atoms with Gasteiger partial charge in [0.25, 0.3) is 11.8 Å². The summed E-state index contributed by atoms with van der Waals surface area (Å²) in [6, 6.07) is 31.5. The van der Waals surface area contributed by atoms with E-state index in [1.165, 1.54) is 6.21 Å². The van der Waals surface area contributed by atoms with E-state index in [1.54, 1.807) is 84.9 Å². The molecule has 4 aromatic carbocycles. The van der Waals surface area contributed by atoms with Crippen molar-refractivity contribution in [2.45, 2.75) is 0 Å². The molecule has 0 fully saturated rings. The lowest BCUT2D eigenvalue weighted by molar-refractivity contribution is -0.117. The second-order valence-electron chi connectivity index (χ2n) is 8.89. The van der Waals surface area contributed by atoms with Gasteiger partial charge in [0.15, 0.2) is 0 Å². The summed E-state index contributed by atoms with van der Waals surface area (Å²) in [5.74, 6) is -1.18. The van der Waals surface area contributed by atoms with Crippen LogP contribution in [0.15, 0.2) is 120 Å². The van der Waals surface area contributed by atoms with Gasteiger partial charge in [0.1, 0.15) is 11.4 Å². The molecule has 2 amide bonds. The summed E-state index contributed by atoms with van der Waals surface area (Å²) in [4.78, 5) is 40.2. The zero-order valence-electron chi connectivity index (χ0n) is 22.1. The summed E-state index contributed by atoms with van der Waals surface area (Å²) in [7, 11) is 3.87. The van der Waals surface area contributed by atoms with Crippen molar-refractivity contribution < 1.29 is 19.1 Å². The van der Waals surface area contributed by atoms with E-state index < -0.39 is 17.8 Å². The van der Waals surface area contributed by atoms with Gasteiger partial charge in [0, 0.05) is 25.3 Å². The summed E-state index contributed by atoms with van der Waals surface area (Å²) in [5, 5.41) is 6.72. The van der Waals surface area contributed by atoms with E-state index in [0.717, 1.165) is 11.3 Å². The summed E-state index contributed by atoms with van der Waals surface area (Å²) in [6.45, 7) is 0. The number of anilines is 1. The minimum atomic E-state index is -0.608. The maximum absolute atomic E-state index is 13.1. The largest absolute Gasteiger partial charge is 0.423 e. The zero-order valence-corrected chi connectivity index (χ0v) is 22.1. The number of hydrogen-bond donors (Lipinski definition) is 2. The average Bonchev–Trinajstić information content (AvgIpc) is 2.98. The summed E-state index contributed by atoms with van der Waals surface area (Å²) < 4.78 is 5.43. The zero-order chi connectivity index (χ0) is 28.3. The van der Waals surface area contributed by atoms with Crippen molar-refractivity contribution in [2.24, 2.45) is 5.10 Å². The first-order valence-electron chi connectivity index (χ1n) is 12.5. The van der Waals surface area contributed by atoms with E-state index in [1.807, 2.05) is 49.3 Å². The van der Waals surface area contributed by atoms with Gasteiger partial charge in [-0.3, -0.25) is 9.59 Å². The molecule has 0 spiro atoms. The molecular weight excluding hydrogens is 504 g/mol. The maximum atomic E-state index is 13.1. The lowest BCUT2D eigenvalue weighted by Gasteiger charge is -2.12. The molecule has 2 N–H and O–H groups in total. The fourth-order valence-corrected chi connectivity index (χ4v) is 3.60. The van der Waals surface area contributed by atoms with Crippen LogP contribution in [0.1, 0.15) is 31.8 Å². The number of amides is 2. The third kappa shape index (κ3) is 7.75. The van der Waals surface area contributed by atoms with Gasteiger partial charge in [0.05, 0.1) is 11.8 Å². The van der Waals surface area contributed by atoms with E-state index in [-0.39, 0.29) is 5.70 Å². The number of nitrogens with zero attached hydrogens (tertiary/aromatic N) is 2. The Morgan fingerprint density at radius 3 is 2.05 bits per heavy atom. The van der Waals surface area contributed by atoms with Gasteiger partial charge < -0.3 is 15.0 Å². The Morgan fingerprint density at radius 2 is 1.40 bits per heavy atom. The van der Waals surface area contributed by atoms with E-state index in [2.05, 4.69) is 15.8 Å². The van der Waals surface area contributed by atoms with Crippen molar-refractivity contribution in [1.82, 2.24) is 10.7 Å². The molecule has 0 aromatic heterocycles. The fourth-order valence-electron chi connectivity index (χ4n) is 3.60. The van der Waals surface area contributed by atoms with Crippen LogP contribution in [-0.2, 0) is 4.79 Å². The first-order chi connectivity index (χ1) is 19.4. The number of benzene rings is 4. The molecule has 8 heteroatoms. The van der Waals surface area contributed by atoms with Gasteiger partial charge in [-0.05, 0) is 65.7 Å². The molecule has 0 saturated carbocycles. The number of hydrazone groups is 1. The molecule has 0 unspecified atom stereocenters. The van der Waals surface area contributed by atoms with Crippen molar-refractivity contribution in [2.75, 3.05) is 19.0 Å². The minimum Gasteiger partial charge on any atom is -0.423 e. The normalized spacial score (nSPS) is 11.1. The van der Waals surface area contributed by atoms with Crippen LogP contribution >= 0.6 is 0 Å². The highest BCUT2D eigenvalue weighted by Gasteiger charge is 2.14. The van der Waals surface area contributed by atoms with Crippen LogP contribution in [0, 0.1) is 0 Å². The highest BCUT2D eigenvalue weighted by molar-refractivity contribution is 6.05. The second-order valence-corrected chi connectivity index (χ2v) is 8.89. The Bertz CT molecular complexity index is 1530. The molecule has 0 aliphatic carbocycles. The predicted octanol–water partition coefficient (Wildman–Crippen LogP) is 4.89. The summed E-state index contributed by atoms with van der Waals surface area (Å²) in [6.07, 6.45) is 3.00. The molecule has 0 aliphatic heterocycles. The van der Waals surface area contributed by atoms with Crippen LogP contribution in [0.4, 0.5) is 5.69 Å². The van der Waals surface area contributed by atoms with Gasteiger partial charge in [-0.25, -0.2) is 10.2 Å². The molecule has 4 aromatic rings. The van der Waals surface area contributed by atoms with E-state index >= 15 is 0 Å². The molecule has 4 rings (SSSR count). The maximum Gasteiger partial charge on any atom is 0.343 e. The lowest BCUT2D eigenvalue weighted by Crippen LogP contribution is -2.32. The Morgan fingerprint density at radius 1 is 0.750 bits per heavy atom. The van der Waals surface area contributed by atoms with Gasteiger partial charge in [-0.2, -0.15) is 5.10 Å². The number of carbonyl (C=O) groups is 3. The third-order valence-corrected chi connectivity index (χ3v) is 5.71. The van der Waals surface area contributed by atoms with Gasteiger partial charge in [0.2, 0.25) is 0 Å². The molecule has 40 heavy (non-hydrogen) atoms. The number of carbonyl (C=O) groups excluding carboxylic acids is 3. The highest BCUT2D eigenvalue weighted by atomic mass is 16.5. The molecule has 8 nitrogen and oxygen atoms in total. The first kappa shape index (κ1) is 27.5. The number of esters is 1. The van der Waals surface area contributed by atoms with Crippen LogP contribution in [0.2, 0.25) is 0 Å². The quantitative estimate of drug-likeness (QED) is 0.105. The molecule has 0 atom stereocenters. The smallest absolute Gasteiger partial charge is 0.343 e. The molecular formula is C32H28N4O4. The van der Waals surface area contributed by atoms with Crippen molar-refractivity contribution in [3.8, 4) is 5.75 Å². The van der Waals surface area contributed by atoms with Crippen molar-refractivity contribution in [3.05, 3.63) is 137 Å². The standard InChI is InChI=1S/C32H28N4O4/c1-36(2)27-18-16-23(17-19-27)21-29(34-30(37)25-11-5-3-6-12-25)31(38)35-33-22-24-10-9-15-28(20-24)40-32(39)26-13-7-4-8-14-26/h3-22H,1-2H3,(H,34,37)(H,35,38)/b29-21+,33-22-. The predicted molar refractivity (Wildman–Crippen MR) is 156 cm³/mol. The number of rotatable bonds is 9. The van der Waals surface area contributed by atoms with Crippen LogP contribution < -0.4 is 20.4 Å². The number of hydrogen-bond acceptors (Lipinski definition) is 6. The fraction of sp³-hybridized carbons (Fsp3) is 0.0625. The Hall–Kier alpha value is -5.50. The Kier molecular flexibility index (Phi) is 9.18. The molecule has 0 heterocycles. The highest BCUT2D eigenvalue weighted by Crippen LogP contribution is 2.16.